The van der Waals surface area contributed by atoms with E-state index < -0.39 is 0 Å². The highest BCUT2D eigenvalue weighted by molar-refractivity contribution is 6.03. The summed E-state index contributed by atoms with van der Waals surface area (Å²) in [5.74, 6) is -0.164. The summed E-state index contributed by atoms with van der Waals surface area (Å²) in [7, 11) is 0. The van der Waals surface area contributed by atoms with Gasteiger partial charge in [-0.1, -0.05) is 31.7 Å². The van der Waals surface area contributed by atoms with Gasteiger partial charge in [-0.05, 0) is 75.5 Å². The Hall–Kier alpha value is -2.60. The van der Waals surface area contributed by atoms with Crippen LogP contribution in [0.3, 0.4) is 0 Å². The number of furan rings is 1. The molecule has 1 aromatic carbocycles. The Morgan fingerprint density at radius 1 is 1.00 bits per heavy atom. The third kappa shape index (κ3) is 5.01. The lowest BCUT2D eigenvalue weighted by Crippen LogP contribution is -2.58. The van der Waals surface area contributed by atoms with E-state index in [0.717, 1.165) is 31.5 Å². The van der Waals surface area contributed by atoms with Gasteiger partial charge in [-0.25, -0.2) is 0 Å². The molecule has 0 unspecified atom stereocenters. The molecule has 6 heteroatoms. The number of carbonyl (C=O) groups excluding carboxylic acids is 2. The summed E-state index contributed by atoms with van der Waals surface area (Å²) < 4.78 is 5.16. The normalized spacial score (nSPS) is 19.0. The summed E-state index contributed by atoms with van der Waals surface area (Å²) in [6.07, 6.45) is 11.4. The lowest BCUT2D eigenvalue weighted by Gasteiger charge is -2.48. The number of aryl methyl sites for hydroxylation is 1. The first-order valence-corrected chi connectivity index (χ1v) is 11.6. The number of piperidine rings is 1. The van der Waals surface area contributed by atoms with Crippen LogP contribution in [0.1, 0.15) is 77.8 Å². The monoisotopic (exact) mass is 423 g/mol. The highest BCUT2D eigenvalue weighted by Crippen LogP contribution is 2.35. The Balaban J connectivity index is 1.44. The average molecular weight is 424 g/mol. The van der Waals surface area contributed by atoms with Crippen molar-refractivity contribution in [1.82, 2.24) is 10.2 Å². The first-order valence-electron chi connectivity index (χ1n) is 11.6. The van der Waals surface area contributed by atoms with E-state index in [0.29, 0.717) is 17.8 Å². The molecular formula is C25H33N3O3. The van der Waals surface area contributed by atoms with Crippen molar-refractivity contribution in [3.05, 3.63) is 53.5 Å². The maximum absolute atomic E-state index is 13.0. The third-order valence-corrected chi connectivity index (χ3v) is 6.88. The minimum absolute atomic E-state index is 0.0875. The van der Waals surface area contributed by atoms with Crippen LogP contribution >= 0.6 is 0 Å². The number of carbonyl (C=O) groups is 2. The molecule has 2 fully saturated rings. The number of hydrogen-bond acceptors (Lipinski definition) is 4. The second-order valence-electron chi connectivity index (χ2n) is 8.98. The zero-order valence-corrected chi connectivity index (χ0v) is 18.4. The molecular weight excluding hydrogens is 390 g/mol. The highest BCUT2D eigenvalue weighted by atomic mass is 16.3. The zero-order chi connectivity index (χ0) is 21.7. The molecule has 2 aromatic rings. The number of amides is 2. The third-order valence-electron chi connectivity index (χ3n) is 6.88. The molecule has 1 aliphatic carbocycles. The molecule has 2 heterocycles. The number of anilines is 1. The van der Waals surface area contributed by atoms with Crippen LogP contribution in [0.2, 0.25) is 0 Å². The van der Waals surface area contributed by atoms with Gasteiger partial charge in [-0.3, -0.25) is 14.5 Å². The maximum Gasteiger partial charge on any atom is 0.291 e. The summed E-state index contributed by atoms with van der Waals surface area (Å²) in [5, 5.41) is 6.07. The van der Waals surface area contributed by atoms with E-state index in [9.17, 15) is 9.59 Å². The van der Waals surface area contributed by atoms with E-state index in [4.69, 9.17) is 4.42 Å². The molecule has 1 aliphatic heterocycles. The number of benzene rings is 1. The van der Waals surface area contributed by atoms with Crippen molar-refractivity contribution in [3.63, 3.8) is 0 Å². The Kier molecular flexibility index (Phi) is 6.76. The van der Waals surface area contributed by atoms with Crippen LogP contribution in [-0.4, -0.2) is 41.9 Å². The van der Waals surface area contributed by atoms with E-state index in [1.54, 1.807) is 18.2 Å². The minimum Gasteiger partial charge on any atom is -0.459 e. The van der Waals surface area contributed by atoms with Crippen molar-refractivity contribution in [1.29, 1.82) is 0 Å². The van der Waals surface area contributed by atoms with Crippen molar-refractivity contribution in [2.24, 2.45) is 0 Å². The van der Waals surface area contributed by atoms with Gasteiger partial charge in [0, 0.05) is 23.3 Å². The molecule has 4 rings (SSSR count). The molecule has 1 saturated carbocycles. The molecule has 31 heavy (non-hydrogen) atoms. The summed E-state index contributed by atoms with van der Waals surface area (Å²) >= 11 is 0. The molecule has 0 radical (unpaired) electrons. The molecule has 2 N–H and O–H groups in total. The van der Waals surface area contributed by atoms with Crippen molar-refractivity contribution in [2.45, 2.75) is 63.8 Å². The SMILES string of the molecule is Cc1ccc(C(=O)NCC2(N3CCCCC3)CCCCC2)cc1NC(=O)c1ccco1. The van der Waals surface area contributed by atoms with E-state index in [1.807, 2.05) is 19.1 Å². The van der Waals surface area contributed by atoms with Crippen molar-refractivity contribution >= 4 is 17.5 Å². The summed E-state index contributed by atoms with van der Waals surface area (Å²) in [5.41, 5.74) is 2.17. The minimum atomic E-state index is -0.322. The Morgan fingerprint density at radius 3 is 2.45 bits per heavy atom. The summed E-state index contributed by atoms with van der Waals surface area (Å²) in [6, 6.07) is 8.73. The van der Waals surface area contributed by atoms with Crippen LogP contribution in [0.5, 0.6) is 0 Å². The fourth-order valence-corrected chi connectivity index (χ4v) is 5.02. The lowest BCUT2D eigenvalue weighted by molar-refractivity contribution is 0.0326. The molecule has 2 aliphatic rings. The Bertz CT molecular complexity index is 895. The summed E-state index contributed by atoms with van der Waals surface area (Å²) in [4.78, 5) is 28.0. The van der Waals surface area contributed by atoms with Gasteiger partial charge in [-0.15, -0.1) is 0 Å². The number of hydrogen-bond donors (Lipinski definition) is 2. The number of rotatable bonds is 6. The average Bonchev–Trinajstić information content (AvgIpc) is 3.35. The maximum atomic E-state index is 13.0. The van der Waals surface area contributed by atoms with Crippen molar-refractivity contribution in [2.75, 3.05) is 25.0 Å². The predicted molar refractivity (Wildman–Crippen MR) is 121 cm³/mol. The van der Waals surface area contributed by atoms with Crippen LogP contribution in [0.25, 0.3) is 0 Å². The smallest absolute Gasteiger partial charge is 0.291 e. The van der Waals surface area contributed by atoms with Gasteiger partial charge in [0.2, 0.25) is 0 Å². The molecule has 0 bridgehead atoms. The van der Waals surface area contributed by atoms with Crippen molar-refractivity contribution in [3.8, 4) is 0 Å². The van der Waals surface area contributed by atoms with E-state index >= 15 is 0 Å². The van der Waals surface area contributed by atoms with E-state index in [1.165, 1.54) is 44.8 Å². The zero-order valence-electron chi connectivity index (χ0n) is 18.4. The second kappa shape index (κ2) is 9.69. The van der Waals surface area contributed by atoms with Gasteiger partial charge in [-0.2, -0.15) is 0 Å². The fraction of sp³-hybridized carbons (Fsp3) is 0.520. The van der Waals surface area contributed by atoms with Crippen LogP contribution in [0.4, 0.5) is 5.69 Å². The fourth-order valence-electron chi connectivity index (χ4n) is 5.02. The molecule has 6 nitrogen and oxygen atoms in total. The van der Waals surface area contributed by atoms with Gasteiger partial charge in [0.05, 0.1) is 6.26 Å². The first-order chi connectivity index (χ1) is 15.1. The number of nitrogens with one attached hydrogen (secondary N) is 2. The molecule has 0 spiro atoms. The number of nitrogens with zero attached hydrogens (tertiary/aromatic N) is 1. The predicted octanol–water partition coefficient (Wildman–Crippen LogP) is 4.76. The van der Waals surface area contributed by atoms with Crippen LogP contribution in [0.15, 0.2) is 41.0 Å². The second-order valence-corrected chi connectivity index (χ2v) is 8.98. The first kappa shape index (κ1) is 21.6. The molecule has 0 atom stereocenters. The van der Waals surface area contributed by atoms with Gasteiger partial charge in [0.1, 0.15) is 0 Å². The van der Waals surface area contributed by atoms with Crippen LogP contribution < -0.4 is 10.6 Å². The Morgan fingerprint density at radius 2 is 1.74 bits per heavy atom. The van der Waals surface area contributed by atoms with Gasteiger partial charge < -0.3 is 15.1 Å². The van der Waals surface area contributed by atoms with Crippen molar-refractivity contribution < 1.29 is 14.0 Å². The molecule has 1 aromatic heterocycles. The Labute approximate surface area is 184 Å². The summed E-state index contributed by atoms with van der Waals surface area (Å²) in [6.45, 7) is 4.88. The number of likely N-dealkylation sites (tertiary alicyclic amines) is 1. The van der Waals surface area contributed by atoms with Crippen LogP contribution in [-0.2, 0) is 0 Å². The topological polar surface area (TPSA) is 74.6 Å². The van der Waals surface area contributed by atoms with Gasteiger partial charge in [0.15, 0.2) is 5.76 Å². The molecule has 166 valence electrons. The quantitative estimate of drug-likeness (QED) is 0.703. The lowest BCUT2D eigenvalue weighted by atomic mass is 9.79. The van der Waals surface area contributed by atoms with E-state index in [2.05, 4.69) is 15.5 Å². The highest BCUT2D eigenvalue weighted by Gasteiger charge is 2.38. The largest absolute Gasteiger partial charge is 0.459 e. The van der Waals surface area contributed by atoms with E-state index in [-0.39, 0.29) is 23.1 Å². The molecule has 2 amide bonds. The van der Waals surface area contributed by atoms with Crippen LogP contribution in [0, 0.1) is 6.92 Å². The molecule has 1 saturated heterocycles. The van der Waals surface area contributed by atoms with Gasteiger partial charge >= 0.3 is 0 Å². The van der Waals surface area contributed by atoms with Gasteiger partial charge in [0.25, 0.3) is 11.8 Å². The standard InChI is InChI=1S/C25H33N3O3/c1-19-10-11-20(17-21(19)27-24(30)22-9-8-16-31-22)23(29)26-18-25(12-4-2-5-13-25)28-14-6-3-7-15-28/h8-11,16-17H,2-7,12-15,18H2,1H3,(H,26,29)(H,27,30).